The van der Waals surface area contributed by atoms with Crippen LogP contribution in [0, 0.1) is 6.92 Å². The molecular formula is C15H23O4. The second-order valence-corrected chi connectivity index (χ2v) is 4.12. The standard InChI is InChI=1S/C15H23O4/c1-5-6-7-8-9-19-15-13(17-3)10-12(16-2)11-14(15)18-4/h10-11H,1,5-9H2,2-4H3. The first-order valence-corrected chi connectivity index (χ1v) is 6.48. The largest absolute Gasteiger partial charge is 0.496 e. The van der Waals surface area contributed by atoms with Crippen LogP contribution in [0.5, 0.6) is 23.0 Å². The van der Waals surface area contributed by atoms with E-state index in [-0.39, 0.29) is 0 Å². The van der Waals surface area contributed by atoms with Crippen LogP contribution in [0.3, 0.4) is 0 Å². The summed E-state index contributed by atoms with van der Waals surface area (Å²) in [5.41, 5.74) is 0. The van der Waals surface area contributed by atoms with Crippen molar-refractivity contribution in [2.75, 3.05) is 27.9 Å². The summed E-state index contributed by atoms with van der Waals surface area (Å²) in [6, 6.07) is 3.57. The summed E-state index contributed by atoms with van der Waals surface area (Å²) in [6.45, 7) is 4.46. The molecule has 107 valence electrons. The molecule has 0 saturated carbocycles. The molecule has 0 bridgehead atoms. The maximum atomic E-state index is 5.77. The van der Waals surface area contributed by atoms with Gasteiger partial charge in [0.05, 0.1) is 27.9 Å². The highest BCUT2D eigenvalue weighted by atomic mass is 16.5. The molecule has 1 rings (SSSR count). The van der Waals surface area contributed by atoms with E-state index in [1.54, 1.807) is 33.5 Å². The molecule has 0 N–H and O–H groups in total. The fraction of sp³-hybridized carbons (Fsp3) is 0.533. The highest BCUT2D eigenvalue weighted by molar-refractivity contribution is 5.55. The number of hydrogen-bond acceptors (Lipinski definition) is 4. The van der Waals surface area contributed by atoms with Gasteiger partial charge in [0.2, 0.25) is 5.75 Å². The van der Waals surface area contributed by atoms with Crippen LogP contribution in [0.1, 0.15) is 25.7 Å². The van der Waals surface area contributed by atoms with Crippen molar-refractivity contribution in [1.82, 2.24) is 0 Å². The first-order chi connectivity index (χ1) is 9.26. The monoisotopic (exact) mass is 267 g/mol. The van der Waals surface area contributed by atoms with Crippen molar-refractivity contribution in [3.05, 3.63) is 19.1 Å². The summed E-state index contributed by atoms with van der Waals surface area (Å²) in [7, 11) is 4.81. The first kappa shape index (κ1) is 15.5. The Morgan fingerprint density at radius 2 is 1.53 bits per heavy atom. The van der Waals surface area contributed by atoms with Crippen LogP contribution in [0.15, 0.2) is 12.1 Å². The minimum absolute atomic E-state index is 0.619. The second-order valence-electron chi connectivity index (χ2n) is 4.12. The molecule has 1 radical (unpaired) electrons. The van der Waals surface area contributed by atoms with Gasteiger partial charge in [-0.1, -0.05) is 26.2 Å². The van der Waals surface area contributed by atoms with Crippen molar-refractivity contribution in [3.63, 3.8) is 0 Å². The van der Waals surface area contributed by atoms with Crippen molar-refractivity contribution in [2.45, 2.75) is 25.7 Å². The number of methoxy groups -OCH3 is 3. The summed E-state index contributed by atoms with van der Waals surface area (Å²) >= 11 is 0. The fourth-order valence-electron chi connectivity index (χ4n) is 1.75. The van der Waals surface area contributed by atoms with E-state index in [4.69, 9.17) is 18.9 Å². The van der Waals surface area contributed by atoms with Crippen molar-refractivity contribution >= 4 is 0 Å². The Morgan fingerprint density at radius 3 is 2.00 bits per heavy atom. The van der Waals surface area contributed by atoms with E-state index in [0.717, 1.165) is 25.7 Å². The Balaban J connectivity index is 2.73. The molecule has 0 aliphatic carbocycles. The minimum Gasteiger partial charge on any atom is -0.496 e. The van der Waals surface area contributed by atoms with Crippen molar-refractivity contribution in [2.24, 2.45) is 0 Å². The van der Waals surface area contributed by atoms with Crippen LogP contribution in [-0.2, 0) is 0 Å². The van der Waals surface area contributed by atoms with Gasteiger partial charge >= 0.3 is 0 Å². The smallest absolute Gasteiger partial charge is 0.203 e. The van der Waals surface area contributed by atoms with Crippen molar-refractivity contribution < 1.29 is 18.9 Å². The van der Waals surface area contributed by atoms with E-state index in [2.05, 4.69) is 6.92 Å². The average molecular weight is 267 g/mol. The molecule has 0 unspecified atom stereocenters. The molecular weight excluding hydrogens is 244 g/mol. The van der Waals surface area contributed by atoms with Gasteiger partial charge in [0, 0.05) is 12.1 Å². The van der Waals surface area contributed by atoms with E-state index < -0.39 is 0 Å². The van der Waals surface area contributed by atoms with E-state index in [0.29, 0.717) is 29.6 Å². The highest BCUT2D eigenvalue weighted by Gasteiger charge is 2.14. The first-order valence-electron chi connectivity index (χ1n) is 6.48. The Bertz CT molecular complexity index is 351. The summed E-state index contributed by atoms with van der Waals surface area (Å²) in [6.07, 6.45) is 4.20. The Hall–Kier alpha value is -1.58. The van der Waals surface area contributed by atoms with E-state index in [1.807, 2.05) is 0 Å². The van der Waals surface area contributed by atoms with Gasteiger partial charge in [0.1, 0.15) is 5.75 Å². The zero-order valence-corrected chi connectivity index (χ0v) is 12.0. The van der Waals surface area contributed by atoms with Gasteiger partial charge in [-0.05, 0) is 6.42 Å². The van der Waals surface area contributed by atoms with Crippen LogP contribution in [-0.4, -0.2) is 27.9 Å². The predicted octanol–water partition coefficient (Wildman–Crippen LogP) is 3.49. The van der Waals surface area contributed by atoms with Crippen molar-refractivity contribution in [3.8, 4) is 23.0 Å². The highest BCUT2D eigenvalue weighted by Crippen LogP contribution is 2.41. The molecule has 1 aromatic rings. The number of rotatable bonds is 9. The quantitative estimate of drug-likeness (QED) is 0.642. The molecule has 0 atom stereocenters. The average Bonchev–Trinajstić information content (AvgIpc) is 2.46. The molecule has 19 heavy (non-hydrogen) atoms. The van der Waals surface area contributed by atoms with E-state index >= 15 is 0 Å². The number of ether oxygens (including phenoxy) is 4. The minimum atomic E-state index is 0.619. The maximum absolute atomic E-state index is 5.77. The van der Waals surface area contributed by atoms with Gasteiger partial charge in [-0.3, -0.25) is 0 Å². The third-order valence-electron chi connectivity index (χ3n) is 2.81. The van der Waals surface area contributed by atoms with Gasteiger partial charge in [-0.2, -0.15) is 0 Å². The lowest BCUT2D eigenvalue weighted by atomic mass is 10.2. The normalized spacial score (nSPS) is 10.1. The number of unbranched alkanes of at least 4 members (excludes halogenated alkanes) is 3. The molecule has 1 aromatic carbocycles. The number of hydrogen-bond donors (Lipinski definition) is 0. The lowest BCUT2D eigenvalue weighted by Gasteiger charge is -2.15. The maximum Gasteiger partial charge on any atom is 0.203 e. The third kappa shape index (κ3) is 4.54. The molecule has 0 aromatic heterocycles. The van der Waals surface area contributed by atoms with Gasteiger partial charge in [-0.15, -0.1) is 0 Å². The van der Waals surface area contributed by atoms with Crippen LogP contribution in [0.25, 0.3) is 0 Å². The molecule has 0 aliphatic rings. The molecule has 4 nitrogen and oxygen atoms in total. The summed E-state index contributed by atoms with van der Waals surface area (Å²) in [4.78, 5) is 0. The molecule has 0 aliphatic heterocycles. The van der Waals surface area contributed by atoms with Gasteiger partial charge in [0.15, 0.2) is 11.5 Å². The fourth-order valence-corrected chi connectivity index (χ4v) is 1.75. The molecule has 0 amide bonds. The number of benzene rings is 1. The SMILES string of the molecule is [CH2]CCCCCOc1c(OC)cc(OC)cc1OC. The lowest BCUT2D eigenvalue weighted by molar-refractivity contribution is 0.265. The zero-order chi connectivity index (χ0) is 14.1. The molecule has 0 spiro atoms. The van der Waals surface area contributed by atoms with E-state index in [1.165, 1.54) is 0 Å². The zero-order valence-electron chi connectivity index (χ0n) is 12.0. The third-order valence-corrected chi connectivity index (χ3v) is 2.81. The topological polar surface area (TPSA) is 36.9 Å². The van der Waals surface area contributed by atoms with Gasteiger partial charge in [0.25, 0.3) is 0 Å². The summed E-state index contributed by atoms with van der Waals surface area (Å²) < 4.78 is 21.6. The lowest BCUT2D eigenvalue weighted by Crippen LogP contribution is -2.02. The van der Waals surface area contributed by atoms with Crippen LogP contribution in [0.4, 0.5) is 0 Å². The van der Waals surface area contributed by atoms with Gasteiger partial charge < -0.3 is 18.9 Å². The Kier molecular flexibility index (Phi) is 6.93. The molecule has 0 saturated heterocycles. The van der Waals surface area contributed by atoms with E-state index in [9.17, 15) is 0 Å². The van der Waals surface area contributed by atoms with Crippen LogP contribution in [0.2, 0.25) is 0 Å². The van der Waals surface area contributed by atoms with Crippen LogP contribution < -0.4 is 18.9 Å². The molecule has 0 heterocycles. The second kappa shape index (κ2) is 8.51. The molecule has 0 fully saturated rings. The Labute approximate surface area is 115 Å². The van der Waals surface area contributed by atoms with Gasteiger partial charge in [-0.25, -0.2) is 0 Å². The van der Waals surface area contributed by atoms with Crippen molar-refractivity contribution in [1.29, 1.82) is 0 Å². The summed E-state index contributed by atoms with van der Waals surface area (Å²) in [5.74, 6) is 2.54. The predicted molar refractivity (Wildman–Crippen MR) is 75.4 cm³/mol. The molecule has 4 heteroatoms. The Morgan fingerprint density at radius 1 is 0.895 bits per heavy atom. The van der Waals surface area contributed by atoms with Crippen LogP contribution >= 0.6 is 0 Å². The summed E-state index contributed by atoms with van der Waals surface area (Å²) in [5, 5.41) is 0.